The van der Waals surface area contributed by atoms with Gasteiger partial charge in [0.2, 0.25) is 5.95 Å². The van der Waals surface area contributed by atoms with Gasteiger partial charge in [-0.25, -0.2) is 9.80 Å². The third-order valence-electron chi connectivity index (χ3n) is 4.27. The SMILES string of the molecule is CC=CCn1c(=O)c2c(nc3n2C(C)C(C)=NN3C)n(C)c1=O. The van der Waals surface area contributed by atoms with Gasteiger partial charge in [0.1, 0.15) is 0 Å². The van der Waals surface area contributed by atoms with Crippen molar-refractivity contribution in [2.45, 2.75) is 33.4 Å². The number of hydrazone groups is 1. The Hall–Kier alpha value is -2.64. The minimum atomic E-state index is -0.371. The van der Waals surface area contributed by atoms with Crippen LogP contribution in [0, 0.1) is 0 Å². The quantitative estimate of drug-likeness (QED) is 0.770. The Kier molecular flexibility index (Phi) is 3.46. The highest BCUT2D eigenvalue weighted by Gasteiger charge is 2.28. The number of imidazole rings is 1. The fraction of sp³-hybridized carbons (Fsp3) is 0.467. The first-order valence-electron chi connectivity index (χ1n) is 7.50. The molecule has 3 rings (SSSR count). The lowest BCUT2D eigenvalue weighted by Crippen LogP contribution is -2.40. The first kappa shape index (κ1) is 15.3. The molecule has 0 bridgehead atoms. The molecule has 0 aromatic carbocycles. The molecular weight excluding hydrogens is 296 g/mol. The van der Waals surface area contributed by atoms with E-state index in [1.807, 2.05) is 31.4 Å². The number of hydrogen-bond donors (Lipinski definition) is 0. The number of rotatable bonds is 2. The lowest BCUT2D eigenvalue weighted by atomic mass is 10.2. The van der Waals surface area contributed by atoms with Crippen LogP contribution in [0.5, 0.6) is 0 Å². The molecule has 0 N–H and O–H groups in total. The highest BCUT2D eigenvalue weighted by atomic mass is 16.2. The smallest absolute Gasteiger partial charge is 0.294 e. The van der Waals surface area contributed by atoms with Crippen molar-refractivity contribution in [3.05, 3.63) is 33.0 Å². The summed E-state index contributed by atoms with van der Waals surface area (Å²) >= 11 is 0. The summed E-state index contributed by atoms with van der Waals surface area (Å²) in [5, 5.41) is 6.05. The van der Waals surface area contributed by atoms with E-state index in [-0.39, 0.29) is 23.8 Å². The highest BCUT2D eigenvalue weighted by molar-refractivity contribution is 5.90. The van der Waals surface area contributed by atoms with Crippen molar-refractivity contribution in [3.63, 3.8) is 0 Å². The second-order valence-corrected chi connectivity index (χ2v) is 5.72. The Morgan fingerprint density at radius 2 is 1.96 bits per heavy atom. The molecule has 0 spiro atoms. The van der Waals surface area contributed by atoms with Crippen LogP contribution >= 0.6 is 0 Å². The second-order valence-electron chi connectivity index (χ2n) is 5.72. The number of aromatic nitrogens is 4. The molecule has 8 heteroatoms. The molecule has 8 nitrogen and oxygen atoms in total. The van der Waals surface area contributed by atoms with Crippen LogP contribution in [0.2, 0.25) is 0 Å². The summed E-state index contributed by atoms with van der Waals surface area (Å²) in [6, 6.07) is -0.0911. The molecule has 0 radical (unpaired) electrons. The predicted molar refractivity (Wildman–Crippen MR) is 90.3 cm³/mol. The molecule has 1 atom stereocenters. The number of hydrogen-bond acceptors (Lipinski definition) is 5. The minimum absolute atomic E-state index is 0.0911. The Morgan fingerprint density at radius 3 is 2.61 bits per heavy atom. The van der Waals surface area contributed by atoms with Gasteiger partial charge in [-0.3, -0.25) is 18.5 Å². The number of anilines is 1. The number of aryl methyl sites for hydroxylation is 1. The number of allylic oxidation sites excluding steroid dienone is 2. The molecule has 23 heavy (non-hydrogen) atoms. The van der Waals surface area contributed by atoms with Crippen LogP contribution in [0.3, 0.4) is 0 Å². The molecule has 3 heterocycles. The van der Waals surface area contributed by atoms with Gasteiger partial charge in [-0.05, 0) is 20.8 Å². The largest absolute Gasteiger partial charge is 0.332 e. The van der Waals surface area contributed by atoms with Gasteiger partial charge in [0.15, 0.2) is 11.2 Å². The van der Waals surface area contributed by atoms with Crippen molar-refractivity contribution in [1.82, 2.24) is 18.7 Å². The Morgan fingerprint density at radius 1 is 1.26 bits per heavy atom. The third-order valence-corrected chi connectivity index (χ3v) is 4.27. The van der Waals surface area contributed by atoms with E-state index < -0.39 is 0 Å². The maximum absolute atomic E-state index is 12.9. The number of fused-ring (bicyclic) bond motifs is 3. The van der Waals surface area contributed by atoms with Crippen LogP contribution in [0.4, 0.5) is 5.95 Å². The lowest BCUT2D eigenvalue weighted by Gasteiger charge is -2.26. The van der Waals surface area contributed by atoms with Gasteiger partial charge in [0.25, 0.3) is 5.56 Å². The van der Waals surface area contributed by atoms with Crippen LogP contribution in [-0.4, -0.2) is 31.4 Å². The van der Waals surface area contributed by atoms with Crippen LogP contribution in [0.1, 0.15) is 26.8 Å². The molecule has 0 saturated carbocycles. The van der Waals surface area contributed by atoms with Gasteiger partial charge in [-0.15, -0.1) is 0 Å². The number of nitrogens with zero attached hydrogens (tertiary/aromatic N) is 6. The topological polar surface area (TPSA) is 77.4 Å². The maximum Gasteiger partial charge on any atom is 0.332 e. The molecule has 2 aromatic heterocycles. The van der Waals surface area contributed by atoms with E-state index in [1.165, 1.54) is 9.13 Å². The predicted octanol–water partition coefficient (Wildman–Crippen LogP) is 0.859. The van der Waals surface area contributed by atoms with Crippen molar-refractivity contribution in [3.8, 4) is 0 Å². The van der Waals surface area contributed by atoms with Crippen LogP contribution in [0.15, 0.2) is 26.8 Å². The Labute approximate surface area is 133 Å². The highest BCUT2D eigenvalue weighted by Crippen LogP contribution is 2.28. The second kappa shape index (κ2) is 5.22. The summed E-state index contributed by atoms with van der Waals surface area (Å²) in [7, 11) is 3.41. The fourth-order valence-corrected chi connectivity index (χ4v) is 2.85. The zero-order chi connectivity index (χ0) is 16.9. The van der Waals surface area contributed by atoms with Gasteiger partial charge in [-0.1, -0.05) is 12.2 Å². The average molecular weight is 316 g/mol. The van der Waals surface area contributed by atoms with Gasteiger partial charge in [0.05, 0.1) is 11.8 Å². The molecular formula is C15H20N6O2. The zero-order valence-corrected chi connectivity index (χ0v) is 13.9. The molecule has 1 aliphatic rings. The Bertz CT molecular complexity index is 959. The van der Waals surface area contributed by atoms with E-state index >= 15 is 0 Å². The molecule has 0 saturated heterocycles. The summed E-state index contributed by atoms with van der Waals surface area (Å²) in [5.41, 5.74) is 1.00. The van der Waals surface area contributed by atoms with Gasteiger partial charge >= 0.3 is 5.69 Å². The van der Waals surface area contributed by atoms with Crippen LogP contribution in [0.25, 0.3) is 11.2 Å². The van der Waals surface area contributed by atoms with Crippen molar-refractivity contribution < 1.29 is 0 Å². The van der Waals surface area contributed by atoms with Crippen molar-refractivity contribution in [2.75, 3.05) is 12.1 Å². The zero-order valence-electron chi connectivity index (χ0n) is 13.9. The van der Waals surface area contributed by atoms with Crippen molar-refractivity contribution in [1.29, 1.82) is 0 Å². The Balaban J connectivity index is 2.44. The molecule has 122 valence electrons. The summed E-state index contributed by atoms with van der Waals surface area (Å²) < 4.78 is 4.50. The first-order chi connectivity index (χ1) is 10.9. The van der Waals surface area contributed by atoms with E-state index in [0.717, 1.165) is 5.71 Å². The average Bonchev–Trinajstić information content (AvgIpc) is 2.92. The monoisotopic (exact) mass is 316 g/mol. The van der Waals surface area contributed by atoms with Gasteiger partial charge < -0.3 is 0 Å². The van der Waals surface area contributed by atoms with Crippen molar-refractivity contribution >= 4 is 22.8 Å². The third kappa shape index (κ3) is 2.05. The van der Waals surface area contributed by atoms with E-state index in [2.05, 4.69) is 10.1 Å². The maximum atomic E-state index is 12.9. The van der Waals surface area contributed by atoms with Crippen LogP contribution < -0.4 is 16.3 Å². The summed E-state index contributed by atoms with van der Waals surface area (Å²) in [6.07, 6.45) is 3.60. The van der Waals surface area contributed by atoms with E-state index in [9.17, 15) is 9.59 Å². The standard InChI is InChI=1S/C15H20N6O2/c1-6-7-8-20-13(22)11-12(18(4)15(20)23)16-14-19(5)17-9(2)10(3)21(11)14/h6-7,10H,8H2,1-5H3. The van der Waals surface area contributed by atoms with Gasteiger partial charge in [0, 0.05) is 20.6 Å². The summed E-state index contributed by atoms with van der Waals surface area (Å²) in [6.45, 7) is 5.98. The van der Waals surface area contributed by atoms with Crippen molar-refractivity contribution in [2.24, 2.45) is 12.1 Å². The lowest BCUT2D eigenvalue weighted by molar-refractivity contribution is 0.643. The van der Waals surface area contributed by atoms with Crippen LogP contribution in [-0.2, 0) is 13.6 Å². The minimum Gasteiger partial charge on any atom is -0.294 e. The molecule has 0 aliphatic carbocycles. The van der Waals surface area contributed by atoms with E-state index in [4.69, 9.17) is 0 Å². The normalized spacial score (nSPS) is 17.9. The fourth-order valence-electron chi connectivity index (χ4n) is 2.85. The molecule has 0 fully saturated rings. The molecule has 1 aliphatic heterocycles. The summed E-state index contributed by atoms with van der Waals surface area (Å²) in [4.78, 5) is 29.8. The van der Waals surface area contributed by atoms with E-state index in [1.54, 1.807) is 25.2 Å². The van der Waals surface area contributed by atoms with E-state index in [0.29, 0.717) is 17.1 Å². The molecule has 2 aromatic rings. The first-order valence-corrected chi connectivity index (χ1v) is 7.50. The molecule has 1 unspecified atom stereocenters. The molecule has 0 amide bonds. The summed E-state index contributed by atoms with van der Waals surface area (Å²) in [5.74, 6) is 0.564. The van der Waals surface area contributed by atoms with Gasteiger partial charge in [-0.2, -0.15) is 10.1 Å².